The normalized spacial score (nSPS) is 10.9. The molecule has 0 atom stereocenters. The molecule has 4 aromatic heterocycles. The maximum Gasteiger partial charge on any atom is 0.102 e. The molecule has 0 spiro atoms. The van der Waals surface area contributed by atoms with Gasteiger partial charge in [0.2, 0.25) is 0 Å². The van der Waals surface area contributed by atoms with Crippen molar-refractivity contribution in [1.82, 2.24) is 30.4 Å². The molecule has 4 heterocycles. The van der Waals surface area contributed by atoms with E-state index in [4.69, 9.17) is 0 Å². The Bertz CT molecular complexity index is 1320. The molecule has 0 unspecified atom stereocenters. The van der Waals surface area contributed by atoms with Crippen LogP contribution in [0.15, 0.2) is 85.5 Å². The molecule has 0 N–H and O–H groups in total. The van der Waals surface area contributed by atoms with Crippen LogP contribution in [-0.2, 0) is 0 Å². The van der Waals surface area contributed by atoms with E-state index in [0.29, 0.717) is 0 Å². The van der Waals surface area contributed by atoms with Crippen molar-refractivity contribution in [3.8, 4) is 0 Å². The van der Waals surface area contributed by atoms with E-state index >= 15 is 0 Å². The van der Waals surface area contributed by atoms with Crippen molar-refractivity contribution in [2.75, 3.05) is 0 Å². The number of nitrogens with zero attached hydrogens (tertiary/aromatic N) is 6. The molecule has 0 aliphatic heterocycles. The average Bonchev–Trinajstić information content (AvgIpc) is 3.26. The third kappa shape index (κ3) is 2.87. The highest BCUT2D eigenvalue weighted by Gasteiger charge is 2.02. The molecule has 0 radical (unpaired) electrons. The Morgan fingerprint density at radius 3 is 1.46 bits per heavy atom. The lowest BCUT2D eigenvalue weighted by molar-refractivity contribution is 1.09. The lowest BCUT2D eigenvalue weighted by Crippen LogP contribution is -1.76. The Kier molecular flexibility index (Phi) is 3.99. The second-order valence-corrected chi connectivity index (χ2v) is 6.21. The summed E-state index contributed by atoms with van der Waals surface area (Å²) in [7, 11) is 0. The second kappa shape index (κ2) is 6.92. The Balaban J connectivity index is 0.000000122. The van der Waals surface area contributed by atoms with Gasteiger partial charge in [0.1, 0.15) is 11.0 Å². The van der Waals surface area contributed by atoms with E-state index in [-0.39, 0.29) is 0 Å². The molecule has 0 saturated heterocycles. The highest BCUT2D eigenvalue weighted by atomic mass is 15.1. The van der Waals surface area contributed by atoms with Crippen molar-refractivity contribution in [2.45, 2.75) is 0 Å². The zero-order valence-corrected chi connectivity index (χ0v) is 14.8. The predicted molar refractivity (Wildman–Crippen MR) is 110 cm³/mol. The highest BCUT2D eigenvalue weighted by molar-refractivity contribution is 6.04. The maximum atomic E-state index is 4.22. The Morgan fingerprint density at radius 1 is 0.464 bits per heavy atom. The van der Waals surface area contributed by atoms with Gasteiger partial charge >= 0.3 is 0 Å². The van der Waals surface area contributed by atoms with Crippen LogP contribution in [0.5, 0.6) is 0 Å². The van der Waals surface area contributed by atoms with E-state index in [0.717, 1.165) is 43.6 Å². The van der Waals surface area contributed by atoms with Crippen molar-refractivity contribution >= 4 is 43.6 Å². The maximum absolute atomic E-state index is 4.22. The average molecular weight is 362 g/mol. The number of aromatic nitrogens is 6. The van der Waals surface area contributed by atoms with Crippen LogP contribution in [0.25, 0.3) is 43.6 Å². The Morgan fingerprint density at radius 2 is 0.964 bits per heavy atom. The largest absolute Gasteiger partial charge is 0.256 e. The SMILES string of the molecule is c1cnnc2c(c1)ccc1nccc12.c1cnnc2c(c1)ccc1nccc12. The monoisotopic (exact) mass is 362 g/mol. The van der Waals surface area contributed by atoms with Gasteiger partial charge in [-0.15, -0.1) is 10.2 Å². The predicted octanol–water partition coefficient (Wildman–Crippen LogP) is 4.36. The minimum absolute atomic E-state index is 0.907. The fraction of sp³-hybridized carbons (Fsp3) is 0. The Hall–Kier alpha value is -4.06. The van der Waals surface area contributed by atoms with Crippen molar-refractivity contribution in [3.63, 3.8) is 0 Å². The Labute approximate surface area is 159 Å². The van der Waals surface area contributed by atoms with Gasteiger partial charge in [0.25, 0.3) is 0 Å². The molecule has 0 aliphatic rings. The molecule has 6 heteroatoms. The lowest BCUT2D eigenvalue weighted by Gasteiger charge is -1.91. The molecule has 0 saturated carbocycles. The van der Waals surface area contributed by atoms with E-state index in [1.807, 2.05) is 60.7 Å². The summed E-state index contributed by atoms with van der Waals surface area (Å²) >= 11 is 0. The van der Waals surface area contributed by atoms with Crippen molar-refractivity contribution in [1.29, 1.82) is 0 Å². The standard InChI is InChI=1S/2C11H7N3/c2*1-2-8-3-4-10-9(5-7-12-10)11(8)14-13-6-1/h2*1-7H. The van der Waals surface area contributed by atoms with Gasteiger partial charge in [-0.05, 0) is 36.4 Å². The van der Waals surface area contributed by atoms with Crippen molar-refractivity contribution in [2.24, 2.45) is 0 Å². The molecule has 0 aliphatic carbocycles. The van der Waals surface area contributed by atoms with Crippen LogP contribution in [0, 0.1) is 0 Å². The van der Waals surface area contributed by atoms with E-state index < -0.39 is 0 Å². The first-order valence-corrected chi connectivity index (χ1v) is 8.80. The second-order valence-electron chi connectivity index (χ2n) is 6.21. The summed E-state index contributed by atoms with van der Waals surface area (Å²) in [6, 6.07) is 19.7. The van der Waals surface area contributed by atoms with Gasteiger partial charge in [0.15, 0.2) is 0 Å². The first-order valence-electron chi connectivity index (χ1n) is 8.80. The molecule has 6 rings (SSSR count). The summed E-state index contributed by atoms with van der Waals surface area (Å²) in [4.78, 5) is 8.44. The van der Waals surface area contributed by atoms with Crippen LogP contribution < -0.4 is 0 Å². The van der Waals surface area contributed by atoms with Crippen LogP contribution >= 0.6 is 0 Å². The van der Waals surface area contributed by atoms with Crippen LogP contribution in [0.3, 0.4) is 0 Å². The number of hydrogen-bond donors (Lipinski definition) is 0. The summed E-state index contributed by atoms with van der Waals surface area (Å²) < 4.78 is 0. The minimum Gasteiger partial charge on any atom is -0.256 e. The summed E-state index contributed by atoms with van der Waals surface area (Å²) in [5.74, 6) is 0. The number of benzene rings is 2. The summed E-state index contributed by atoms with van der Waals surface area (Å²) in [6.07, 6.45) is 6.95. The summed E-state index contributed by atoms with van der Waals surface area (Å²) in [5.41, 5.74) is 3.76. The number of fused-ring (bicyclic) bond motifs is 6. The fourth-order valence-corrected chi connectivity index (χ4v) is 3.21. The van der Waals surface area contributed by atoms with E-state index in [1.54, 1.807) is 24.8 Å². The molecular weight excluding hydrogens is 348 g/mol. The van der Waals surface area contributed by atoms with Gasteiger partial charge in [0, 0.05) is 46.3 Å². The first-order chi connectivity index (χ1) is 13.9. The molecule has 0 fully saturated rings. The molecule has 0 amide bonds. The van der Waals surface area contributed by atoms with Gasteiger partial charge in [-0.1, -0.05) is 24.3 Å². The summed E-state index contributed by atoms with van der Waals surface area (Å²) in [6.45, 7) is 0. The fourth-order valence-electron chi connectivity index (χ4n) is 3.21. The molecular formula is C22H14N6. The highest BCUT2D eigenvalue weighted by Crippen LogP contribution is 2.21. The molecule has 0 bridgehead atoms. The zero-order chi connectivity index (χ0) is 18.8. The molecule has 2 aromatic carbocycles. The third-order valence-electron chi connectivity index (χ3n) is 4.53. The van der Waals surface area contributed by atoms with Crippen LogP contribution in [0.1, 0.15) is 0 Å². The number of rotatable bonds is 0. The quantitative estimate of drug-likeness (QED) is 0.400. The van der Waals surface area contributed by atoms with Crippen LogP contribution in [0.4, 0.5) is 0 Å². The summed E-state index contributed by atoms with van der Waals surface area (Å²) in [5, 5.41) is 20.5. The van der Waals surface area contributed by atoms with E-state index in [1.165, 1.54) is 0 Å². The molecule has 6 nitrogen and oxygen atoms in total. The third-order valence-corrected chi connectivity index (χ3v) is 4.53. The van der Waals surface area contributed by atoms with E-state index in [2.05, 4.69) is 30.4 Å². The van der Waals surface area contributed by atoms with Crippen LogP contribution in [-0.4, -0.2) is 30.4 Å². The zero-order valence-electron chi connectivity index (χ0n) is 14.8. The van der Waals surface area contributed by atoms with Crippen molar-refractivity contribution < 1.29 is 0 Å². The molecule has 28 heavy (non-hydrogen) atoms. The lowest BCUT2D eigenvalue weighted by atomic mass is 10.2. The van der Waals surface area contributed by atoms with Gasteiger partial charge in [-0.3, -0.25) is 9.97 Å². The van der Waals surface area contributed by atoms with Gasteiger partial charge in [0.05, 0.1) is 11.0 Å². The van der Waals surface area contributed by atoms with Gasteiger partial charge in [-0.25, -0.2) is 0 Å². The smallest absolute Gasteiger partial charge is 0.102 e. The van der Waals surface area contributed by atoms with E-state index in [9.17, 15) is 0 Å². The minimum atomic E-state index is 0.907. The number of hydrogen-bond acceptors (Lipinski definition) is 6. The first kappa shape index (κ1) is 16.1. The van der Waals surface area contributed by atoms with Gasteiger partial charge in [-0.2, -0.15) is 10.2 Å². The molecule has 132 valence electrons. The van der Waals surface area contributed by atoms with Crippen LogP contribution in [0.2, 0.25) is 0 Å². The van der Waals surface area contributed by atoms with Gasteiger partial charge < -0.3 is 0 Å². The van der Waals surface area contributed by atoms with Crippen molar-refractivity contribution in [3.05, 3.63) is 85.5 Å². The topological polar surface area (TPSA) is 77.3 Å². The molecule has 6 aromatic rings.